The summed E-state index contributed by atoms with van der Waals surface area (Å²) in [5, 5.41) is 0.413. The van der Waals surface area contributed by atoms with Crippen molar-refractivity contribution in [2.75, 3.05) is 6.54 Å². The maximum Gasteiger partial charge on any atom is 0.359 e. The zero-order chi connectivity index (χ0) is 18.7. The Morgan fingerprint density at radius 3 is 2.93 bits per heavy atom. The third kappa shape index (κ3) is 2.57. The van der Waals surface area contributed by atoms with Crippen LogP contribution < -0.4 is 0 Å². The SMILES string of the molecule is C[C@H](OC(=O)c1ncn2c1[C@H]1CCCN1C(=O)c1c(Cl)cccc1-2)C1CC1. The maximum absolute atomic E-state index is 13.2. The Hall–Kier alpha value is -2.34. The van der Waals surface area contributed by atoms with Gasteiger partial charge in [-0.05, 0) is 50.7 Å². The lowest BCUT2D eigenvalue weighted by atomic mass is 10.1. The maximum atomic E-state index is 13.2. The number of amides is 1. The van der Waals surface area contributed by atoms with Gasteiger partial charge in [0.15, 0.2) is 5.69 Å². The molecule has 3 heterocycles. The molecule has 1 saturated carbocycles. The van der Waals surface area contributed by atoms with Gasteiger partial charge in [0, 0.05) is 6.54 Å². The smallest absolute Gasteiger partial charge is 0.359 e. The summed E-state index contributed by atoms with van der Waals surface area (Å²) in [6.07, 6.45) is 5.39. The predicted octanol–water partition coefficient (Wildman–Crippen LogP) is 3.77. The first-order valence-electron chi connectivity index (χ1n) is 9.44. The van der Waals surface area contributed by atoms with E-state index in [9.17, 15) is 9.59 Å². The Balaban J connectivity index is 1.64. The Kier molecular flexibility index (Phi) is 3.79. The molecule has 7 heteroatoms. The number of nitrogens with zero attached hydrogens (tertiary/aromatic N) is 3. The lowest BCUT2D eigenvalue weighted by molar-refractivity contribution is 0.0283. The van der Waals surface area contributed by atoms with Crippen molar-refractivity contribution in [3.63, 3.8) is 0 Å². The predicted molar refractivity (Wildman–Crippen MR) is 99.2 cm³/mol. The second-order valence-corrected chi connectivity index (χ2v) is 7.99. The Morgan fingerprint density at radius 2 is 2.15 bits per heavy atom. The van der Waals surface area contributed by atoms with Crippen LogP contribution >= 0.6 is 11.6 Å². The zero-order valence-electron chi connectivity index (χ0n) is 15.0. The van der Waals surface area contributed by atoms with Gasteiger partial charge in [0.1, 0.15) is 12.4 Å². The van der Waals surface area contributed by atoms with Gasteiger partial charge in [-0.1, -0.05) is 17.7 Å². The van der Waals surface area contributed by atoms with E-state index in [4.69, 9.17) is 16.3 Å². The molecular formula is C20H20ClN3O3. The summed E-state index contributed by atoms with van der Waals surface area (Å²) in [5.74, 6) is -0.0420. The zero-order valence-corrected chi connectivity index (χ0v) is 15.8. The Bertz CT molecular complexity index is 950. The van der Waals surface area contributed by atoms with Gasteiger partial charge in [-0.15, -0.1) is 0 Å². The van der Waals surface area contributed by atoms with Crippen molar-refractivity contribution in [2.45, 2.75) is 44.8 Å². The van der Waals surface area contributed by atoms with Gasteiger partial charge in [-0.3, -0.25) is 9.36 Å². The number of carbonyl (C=O) groups excluding carboxylic acids is 2. The minimum absolute atomic E-state index is 0.0903. The normalized spacial score (nSPS) is 21.9. The fourth-order valence-corrected chi connectivity index (χ4v) is 4.53. The lowest BCUT2D eigenvalue weighted by Crippen LogP contribution is -2.30. The summed E-state index contributed by atoms with van der Waals surface area (Å²) < 4.78 is 7.51. The number of ether oxygens (including phenoxy) is 1. The number of rotatable bonds is 3. The molecule has 27 heavy (non-hydrogen) atoms. The van der Waals surface area contributed by atoms with E-state index >= 15 is 0 Å². The molecule has 6 nitrogen and oxygen atoms in total. The van der Waals surface area contributed by atoms with Crippen molar-refractivity contribution in [3.8, 4) is 5.69 Å². The topological polar surface area (TPSA) is 64.4 Å². The fourth-order valence-electron chi connectivity index (χ4n) is 4.27. The average Bonchev–Trinajstić information content (AvgIpc) is 3.25. The number of esters is 1. The van der Waals surface area contributed by atoms with E-state index in [-0.39, 0.29) is 18.1 Å². The molecule has 0 N–H and O–H groups in total. The molecule has 2 aliphatic heterocycles. The van der Waals surface area contributed by atoms with E-state index in [1.807, 2.05) is 28.5 Å². The van der Waals surface area contributed by atoms with Crippen LogP contribution in [0, 0.1) is 5.92 Å². The van der Waals surface area contributed by atoms with E-state index in [1.165, 1.54) is 0 Å². The van der Waals surface area contributed by atoms with E-state index in [0.29, 0.717) is 34.4 Å². The molecule has 1 aromatic carbocycles. The largest absolute Gasteiger partial charge is 0.458 e. The molecule has 2 aromatic rings. The van der Waals surface area contributed by atoms with Crippen LogP contribution in [0.2, 0.25) is 5.02 Å². The van der Waals surface area contributed by atoms with Gasteiger partial charge in [-0.25, -0.2) is 9.78 Å². The van der Waals surface area contributed by atoms with Crippen LogP contribution in [0.1, 0.15) is 65.2 Å². The van der Waals surface area contributed by atoms with Crippen molar-refractivity contribution in [3.05, 3.63) is 46.5 Å². The molecule has 0 spiro atoms. The number of aromatic nitrogens is 2. The van der Waals surface area contributed by atoms with Gasteiger partial charge < -0.3 is 9.64 Å². The summed E-state index contributed by atoms with van der Waals surface area (Å²) in [5.41, 5.74) is 2.17. The van der Waals surface area contributed by atoms with Crippen molar-refractivity contribution >= 4 is 23.5 Å². The van der Waals surface area contributed by atoms with Gasteiger partial charge in [0.25, 0.3) is 5.91 Å². The van der Waals surface area contributed by atoms with E-state index < -0.39 is 5.97 Å². The number of imidazole rings is 1. The van der Waals surface area contributed by atoms with E-state index in [1.54, 1.807) is 12.4 Å². The third-order valence-electron chi connectivity index (χ3n) is 5.87. The van der Waals surface area contributed by atoms with Crippen LogP contribution in [0.15, 0.2) is 24.5 Å². The average molecular weight is 386 g/mol. The highest BCUT2D eigenvalue weighted by Crippen LogP contribution is 2.42. The number of halogens is 1. The molecule has 140 valence electrons. The van der Waals surface area contributed by atoms with Crippen molar-refractivity contribution in [2.24, 2.45) is 5.92 Å². The van der Waals surface area contributed by atoms with Crippen LogP contribution in [0.5, 0.6) is 0 Å². The highest BCUT2D eigenvalue weighted by atomic mass is 35.5. The molecule has 0 bridgehead atoms. The quantitative estimate of drug-likeness (QED) is 0.754. The second kappa shape index (κ2) is 6.09. The lowest BCUT2D eigenvalue weighted by Gasteiger charge is -2.23. The molecule has 1 amide bonds. The van der Waals surface area contributed by atoms with Crippen LogP contribution in [-0.4, -0.2) is 39.0 Å². The van der Waals surface area contributed by atoms with Crippen LogP contribution in [0.25, 0.3) is 5.69 Å². The van der Waals surface area contributed by atoms with Crippen molar-refractivity contribution < 1.29 is 14.3 Å². The summed E-state index contributed by atoms with van der Waals surface area (Å²) in [4.78, 5) is 32.2. The number of benzene rings is 1. The van der Waals surface area contributed by atoms with Crippen LogP contribution in [0.3, 0.4) is 0 Å². The first kappa shape index (κ1) is 16.8. The minimum atomic E-state index is -0.409. The van der Waals surface area contributed by atoms with Gasteiger partial charge >= 0.3 is 5.97 Å². The molecule has 1 aliphatic carbocycles. The van der Waals surface area contributed by atoms with Crippen molar-refractivity contribution in [1.82, 2.24) is 14.5 Å². The summed E-state index contributed by atoms with van der Waals surface area (Å²) in [6.45, 7) is 2.58. The van der Waals surface area contributed by atoms with Gasteiger partial charge in [0.2, 0.25) is 0 Å². The molecule has 2 fully saturated rings. The molecule has 0 unspecified atom stereocenters. The second-order valence-electron chi connectivity index (χ2n) is 7.59. The molecular weight excluding hydrogens is 366 g/mol. The molecule has 2 atom stereocenters. The van der Waals surface area contributed by atoms with E-state index in [2.05, 4.69) is 4.98 Å². The Morgan fingerprint density at radius 1 is 1.33 bits per heavy atom. The van der Waals surface area contributed by atoms with Gasteiger partial charge in [0.05, 0.1) is 28.0 Å². The summed E-state index contributed by atoms with van der Waals surface area (Å²) in [7, 11) is 0. The first-order valence-corrected chi connectivity index (χ1v) is 9.82. The summed E-state index contributed by atoms with van der Waals surface area (Å²) in [6, 6.07) is 5.18. The number of hydrogen-bond donors (Lipinski definition) is 0. The number of fused-ring (bicyclic) bond motifs is 5. The number of hydrogen-bond acceptors (Lipinski definition) is 4. The molecule has 0 radical (unpaired) electrons. The van der Waals surface area contributed by atoms with Crippen LogP contribution in [0.4, 0.5) is 0 Å². The molecule has 5 rings (SSSR count). The van der Waals surface area contributed by atoms with E-state index in [0.717, 1.165) is 31.4 Å². The molecule has 1 saturated heterocycles. The highest BCUT2D eigenvalue weighted by molar-refractivity contribution is 6.34. The summed E-state index contributed by atoms with van der Waals surface area (Å²) >= 11 is 6.37. The molecule has 1 aromatic heterocycles. The third-order valence-corrected chi connectivity index (χ3v) is 6.19. The first-order chi connectivity index (χ1) is 13.1. The Labute approximate surface area is 162 Å². The van der Waals surface area contributed by atoms with Crippen molar-refractivity contribution in [1.29, 1.82) is 0 Å². The minimum Gasteiger partial charge on any atom is -0.458 e. The fraction of sp³-hybridized carbons (Fsp3) is 0.450. The van der Waals surface area contributed by atoms with Crippen LogP contribution in [-0.2, 0) is 4.74 Å². The molecule has 3 aliphatic rings. The monoisotopic (exact) mass is 385 g/mol. The number of carbonyl (C=O) groups is 2. The standard InChI is InChI=1S/C20H20ClN3O3/c1-11(12-7-8-12)27-20(26)17-18-15-6-3-9-23(15)19(25)16-13(21)4-2-5-14(16)24(18)10-22-17/h2,4-5,10-12,15H,3,6-9H2,1H3/t11-,15+/m0/s1. The van der Waals surface area contributed by atoms with Gasteiger partial charge in [-0.2, -0.15) is 0 Å². The highest BCUT2D eigenvalue weighted by Gasteiger charge is 2.41.